The molecule has 1 aliphatic heterocycles. The van der Waals surface area contributed by atoms with E-state index in [1.54, 1.807) is 0 Å². The van der Waals surface area contributed by atoms with Crippen LogP contribution in [0.3, 0.4) is 0 Å². The zero-order valence-corrected chi connectivity index (χ0v) is 12.7. The van der Waals surface area contributed by atoms with E-state index in [2.05, 4.69) is 0 Å². The van der Waals surface area contributed by atoms with Gasteiger partial charge in [0.25, 0.3) is 0 Å². The number of nitrogens with zero attached hydrogens (tertiary/aromatic N) is 2. The lowest BCUT2D eigenvalue weighted by atomic mass is 10.1. The lowest BCUT2D eigenvalue weighted by Crippen LogP contribution is -2.54. The summed E-state index contributed by atoms with van der Waals surface area (Å²) in [4.78, 5) is 27.4. The Labute approximate surface area is 125 Å². The van der Waals surface area contributed by atoms with Crippen LogP contribution >= 0.6 is 0 Å². The SMILES string of the molecule is Cc1cccc(CC(=O)N2CCN(C(C)C(N)=O)CC2)c1. The van der Waals surface area contributed by atoms with Crippen LogP contribution in [-0.4, -0.2) is 53.8 Å². The van der Waals surface area contributed by atoms with E-state index in [4.69, 9.17) is 5.73 Å². The summed E-state index contributed by atoms with van der Waals surface area (Å²) in [7, 11) is 0. The van der Waals surface area contributed by atoms with Gasteiger partial charge in [-0.15, -0.1) is 0 Å². The van der Waals surface area contributed by atoms with Crippen molar-refractivity contribution in [1.82, 2.24) is 9.80 Å². The number of aryl methyl sites for hydroxylation is 1. The molecule has 21 heavy (non-hydrogen) atoms. The summed E-state index contributed by atoms with van der Waals surface area (Å²) >= 11 is 0. The second-order valence-corrected chi connectivity index (χ2v) is 5.66. The van der Waals surface area contributed by atoms with Crippen molar-refractivity contribution in [3.8, 4) is 0 Å². The van der Waals surface area contributed by atoms with Gasteiger partial charge in [0.05, 0.1) is 12.5 Å². The molecule has 2 N–H and O–H groups in total. The molecule has 1 heterocycles. The molecule has 1 aromatic carbocycles. The van der Waals surface area contributed by atoms with E-state index >= 15 is 0 Å². The summed E-state index contributed by atoms with van der Waals surface area (Å²) in [6, 6.07) is 7.76. The molecular formula is C16H23N3O2. The van der Waals surface area contributed by atoms with Gasteiger partial charge in [-0.3, -0.25) is 14.5 Å². The van der Waals surface area contributed by atoms with Gasteiger partial charge in [0, 0.05) is 26.2 Å². The van der Waals surface area contributed by atoms with E-state index in [1.807, 2.05) is 47.9 Å². The number of carbonyl (C=O) groups excluding carboxylic acids is 2. The van der Waals surface area contributed by atoms with E-state index in [0.717, 1.165) is 5.56 Å². The van der Waals surface area contributed by atoms with Crippen LogP contribution < -0.4 is 5.73 Å². The molecule has 1 saturated heterocycles. The Morgan fingerprint density at radius 2 is 1.90 bits per heavy atom. The van der Waals surface area contributed by atoms with E-state index in [9.17, 15) is 9.59 Å². The molecule has 0 radical (unpaired) electrons. The lowest BCUT2D eigenvalue weighted by molar-refractivity contribution is -0.133. The summed E-state index contributed by atoms with van der Waals surface area (Å²) in [5.41, 5.74) is 7.53. The number of rotatable bonds is 4. The molecule has 5 nitrogen and oxygen atoms in total. The number of primary amides is 1. The first kappa shape index (κ1) is 15.5. The molecule has 1 unspecified atom stereocenters. The maximum atomic E-state index is 12.3. The number of piperazine rings is 1. The average Bonchev–Trinajstić information content (AvgIpc) is 2.46. The Morgan fingerprint density at radius 1 is 1.24 bits per heavy atom. The predicted molar refractivity (Wildman–Crippen MR) is 81.7 cm³/mol. The van der Waals surface area contributed by atoms with Crippen molar-refractivity contribution < 1.29 is 9.59 Å². The van der Waals surface area contributed by atoms with Crippen LogP contribution in [0, 0.1) is 6.92 Å². The number of benzene rings is 1. The van der Waals surface area contributed by atoms with Crippen molar-refractivity contribution in [2.75, 3.05) is 26.2 Å². The number of amides is 2. The van der Waals surface area contributed by atoms with Gasteiger partial charge in [0.1, 0.15) is 0 Å². The Balaban J connectivity index is 1.87. The Kier molecular flexibility index (Phi) is 4.96. The third-order valence-electron chi connectivity index (χ3n) is 4.06. The molecule has 1 aromatic rings. The first-order valence-corrected chi connectivity index (χ1v) is 7.34. The van der Waals surface area contributed by atoms with Crippen LogP contribution in [0.2, 0.25) is 0 Å². The van der Waals surface area contributed by atoms with Gasteiger partial charge < -0.3 is 10.6 Å². The summed E-state index contributed by atoms with van der Waals surface area (Å²) in [6.45, 7) is 6.54. The highest BCUT2D eigenvalue weighted by Gasteiger charge is 2.26. The minimum atomic E-state index is -0.311. The normalized spacial score (nSPS) is 17.5. The highest BCUT2D eigenvalue weighted by molar-refractivity contribution is 5.80. The van der Waals surface area contributed by atoms with Crippen LogP contribution in [0.1, 0.15) is 18.1 Å². The summed E-state index contributed by atoms with van der Waals surface area (Å²) < 4.78 is 0. The molecule has 0 spiro atoms. The molecule has 1 aliphatic rings. The summed E-state index contributed by atoms with van der Waals surface area (Å²) in [6.07, 6.45) is 0.438. The van der Waals surface area contributed by atoms with E-state index in [1.165, 1.54) is 5.56 Å². The summed E-state index contributed by atoms with van der Waals surface area (Å²) in [5.74, 6) is -0.165. The average molecular weight is 289 g/mol. The zero-order chi connectivity index (χ0) is 15.4. The molecule has 0 bridgehead atoms. The van der Waals surface area contributed by atoms with Crippen molar-refractivity contribution in [2.24, 2.45) is 5.73 Å². The maximum absolute atomic E-state index is 12.3. The highest BCUT2D eigenvalue weighted by atomic mass is 16.2. The number of nitrogens with two attached hydrogens (primary N) is 1. The number of hydrogen-bond acceptors (Lipinski definition) is 3. The van der Waals surface area contributed by atoms with Gasteiger partial charge in [-0.25, -0.2) is 0 Å². The van der Waals surface area contributed by atoms with Crippen LogP contribution in [0.4, 0.5) is 0 Å². The fourth-order valence-corrected chi connectivity index (χ4v) is 2.65. The van der Waals surface area contributed by atoms with Crippen LogP contribution in [-0.2, 0) is 16.0 Å². The first-order valence-electron chi connectivity index (χ1n) is 7.34. The van der Waals surface area contributed by atoms with Crippen LogP contribution in [0.25, 0.3) is 0 Å². The monoisotopic (exact) mass is 289 g/mol. The Morgan fingerprint density at radius 3 is 2.48 bits per heavy atom. The fraction of sp³-hybridized carbons (Fsp3) is 0.500. The number of hydrogen-bond donors (Lipinski definition) is 1. The van der Waals surface area contributed by atoms with Crippen molar-refractivity contribution >= 4 is 11.8 Å². The fourth-order valence-electron chi connectivity index (χ4n) is 2.65. The second-order valence-electron chi connectivity index (χ2n) is 5.66. The smallest absolute Gasteiger partial charge is 0.234 e. The molecule has 0 aromatic heterocycles. The number of carbonyl (C=O) groups is 2. The minimum absolute atomic E-state index is 0.145. The lowest BCUT2D eigenvalue weighted by Gasteiger charge is -2.37. The van der Waals surface area contributed by atoms with Gasteiger partial charge in [0.15, 0.2) is 0 Å². The highest BCUT2D eigenvalue weighted by Crippen LogP contribution is 2.10. The molecule has 0 aliphatic carbocycles. The molecular weight excluding hydrogens is 266 g/mol. The molecule has 1 atom stereocenters. The zero-order valence-electron chi connectivity index (χ0n) is 12.7. The van der Waals surface area contributed by atoms with Crippen molar-refractivity contribution in [3.05, 3.63) is 35.4 Å². The van der Waals surface area contributed by atoms with Gasteiger partial charge in [-0.05, 0) is 19.4 Å². The Hall–Kier alpha value is -1.88. The topological polar surface area (TPSA) is 66.6 Å². The van der Waals surface area contributed by atoms with Gasteiger partial charge >= 0.3 is 0 Å². The molecule has 2 amide bonds. The van der Waals surface area contributed by atoms with Crippen molar-refractivity contribution in [1.29, 1.82) is 0 Å². The standard InChI is InChI=1S/C16H23N3O2/c1-12-4-3-5-14(10-12)11-15(20)19-8-6-18(7-9-19)13(2)16(17)21/h3-5,10,13H,6-9,11H2,1-2H3,(H2,17,21). The summed E-state index contributed by atoms with van der Waals surface area (Å²) in [5, 5.41) is 0. The molecule has 0 saturated carbocycles. The van der Waals surface area contributed by atoms with E-state index < -0.39 is 0 Å². The van der Waals surface area contributed by atoms with Crippen LogP contribution in [0.5, 0.6) is 0 Å². The largest absolute Gasteiger partial charge is 0.368 e. The third kappa shape index (κ3) is 4.04. The van der Waals surface area contributed by atoms with Gasteiger partial charge in [-0.2, -0.15) is 0 Å². The van der Waals surface area contributed by atoms with Crippen molar-refractivity contribution in [2.45, 2.75) is 26.3 Å². The van der Waals surface area contributed by atoms with Gasteiger partial charge in [0.2, 0.25) is 11.8 Å². The maximum Gasteiger partial charge on any atom is 0.234 e. The molecule has 2 rings (SSSR count). The predicted octanol–water partition coefficient (Wildman–Crippen LogP) is 0.556. The van der Waals surface area contributed by atoms with Gasteiger partial charge in [-0.1, -0.05) is 29.8 Å². The minimum Gasteiger partial charge on any atom is -0.368 e. The van der Waals surface area contributed by atoms with E-state index in [-0.39, 0.29) is 17.9 Å². The second kappa shape index (κ2) is 6.72. The van der Waals surface area contributed by atoms with Crippen LogP contribution in [0.15, 0.2) is 24.3 Å². The van der Waals surface area contributed by atoms with E-state index in [0.29, 0.717) is 32.6 Å². The molecule has 1 fully saturated rings. The van der Waals surface area contributed by atoms with Crippen molar-refractivity contribution in [3.63, 3.8) is 0 Å². The molecule has 5 heteroatoms. The third-order valence-corrected chi connectivity index (χ3v) is 4.06. The Bertz CT molecular complexity index is 522. The quantitative estimate of drug-likeness (QED) is 0.880. The molecule has 114 valence electrons. The first-order chi connectivity index (χ1) is 9.97.